The highest BCUT2D eigenvalue weighted by Crippen LogP contribution is 2.21. The van der Waals surface area contributed by atoms with E-state index in [4.69, 9.17) is 5.73 Å². The number of nitrogen functional groups attached to an aromatic ring is 1. The van der Waals surface area contributed by atoms with Crippen molar-refractivity contribution < 1.29 is 5.11 Å². The summed E-state index contributed by atoms with van der Waals surface area (Å²) in [6, 6.07) is 11.1. The van der Waals surface area contributed by atoms with Gasteiger partial charge in [-0.25, -0.2) is 4.98 Å². The smallest absolute Gasteiger partial charge is 0.126 e. The molecule has 1 aliphatic rings. The first kappa shape index (κ1) is 19.8. The number of β-amino-alcohol motifs (C(OH)–C–C–N with tert-alkyl or cyclic N) is 1. The summed E-state index contributed by atoms with van der Waals surface area (Å²) in [5.41, 5.74) is 12.2. The molecule has 146 valence electrons. The zero-order chi connectivity index (χ0) is 19.2. The average Bonchev–Trinajstić information content (AvgIpc) is 3.05. The van der Waals surface area contributed by atoms with Crippen LogP contribution in [0.15, 0.2) is 30.3 Å². The van der Waals surface area contributed by atoms with Crippen LogP contribution in [0.2, 0.25) is 0 Å². The maximum absolute atomic E-state index is 9.67. The van der Waals surface area contributed by atoms with E-state index in [1.807, 2.05) is 0 Å². The first-order valence-corrected chi connectivity index (χ1v) is 10.3. The molecular weight excluding hydrogens is 334 g/mol. The number of anilines is 1. The van der Waals surface area contributed by atoms with Gasteiger partial charge in [0.2, 0.25) is 0 Å². The predicted octanol–water partition coefficient (Wildman–Crippen LogP) is 3.86. The molecule has 0 saturated carbocycles. The summed E-state index contributed by atoms with van der Waals surface area (Å²) < 4.78 is 0. The minimum atomic E-state index is -0.156. The number of benzene rings is 1. The highest BCUT2D eigenvalue weighted by Gasteiger charge is 2.19. The summed E-state index contributed by atoms with van der Waals surface area (Å²) in [5, 5.41) is 9.67. The molecule has 0 spiro atoms. The van der Waals surface area contributed by atoms with Gasteiger partial charge in [-0.1, -0.05) is 50.1 Å². The summed E-state index contributed by atoms with van der Waals surface area (Å²) in [5.74, 6) is 0.690. The molecule has 0 unspecified atom stereocenters. The molecule has 2 aromatic rings. The number of aliphatic hydroxyl groups is 1. The Labute approximate surface area is 163 Å². The van der Waals surface area contributed by atoms with Crippen LogP contribution < -0.4 is 5.73 Å². The Bertz CT molecular complexity index is 742. The number of nitrogens with two attached hydrogens (primary N) is 1. The van der Waals surface area contributed by atoms with Crippen LogP contribution in [-0.2, 0) is 19.4 Å². The maximum atomic E-state index is 9.67. The first-order chi connectivity index (χ1) is 13.0. The van der Waals surface area contributed by atoms with E-state index in [1.165, 1.54) is 41.5 Å². The molecule has 0 aliphatic carbocycles. The van der Waals surface area contributed by atoms with Crippen LogP contribution in [-0.4, -0.2) is 34.2 Å². The molecule has 3 N–H and O–H groups in total. The van der Waals surface area contributed by atoms with Crippen LogP contribution in [0.5, 0.6) is 0 Å². The van der Waals surface area contributed by atoms with E-state index in [1.54, 1.807) is 0 Å². The lowest BCUT2D eigenvalue weighted by molar-refractivity contribution is 0.175. The Balaban J connectivity index is 1.64. The Morgan fingerprint density at radius 3 is 2.56 bits per heavy atom. The number of aromatic nitrogens is 1. The third-order valence-corrected chi connectivity index (χ3v) is 5.55. The highest BCUT2D eigenvalue weighted by molar-refractivity contribution is 5.45. The molecular formula is C23H33N3O. The summed E-state index contributed by atoms with van der Waals surface area (Å²) in [7, 11) is 0. The molecule has 1 aromatic heterocycles. The lowest BCUT2D eigenvalue weighted by atomic mass is 9.99. The normalized spacial score (nSPS) is 17.5. The molecule has 0 bridgehead atoms. The Kier molecular flexibility index (Phi) is 6.86. The fourth-order valence-electron chi connectivity index (χ4n) is 3.85. The van der Waals surface area contributed by atoms with Crippen molar-refractivity contribution in [2.45, 2.75) is 65.0 Å². The number of aryl methyl sites for hydroxylation is 2. The molecule has 0 radical (unpaired) electrons. The van der Waals surface area contributed by atoms with Crippen molar-refractivity contribution >= 4 is 5.82 Å². The molecule has 1 aromatic carbocycles. The van der Waals surface area contributed by atoms with Crippen LogP contribution >= 0.6 is 0 Å². The molecule has 1 fully saturated rings. The number of aliphatic hydroxyl groups excluding tert-OH is 1. The fourth-order valence-corrected chi connectivity index (χ4v) is 3.85. The maximum Gasteiger partial charge on any atom is 0.126 e. The van der Waals surface area contributed by atoms with Gasteiger partial charge in [-0.05, 0) is 54.9 Å². The molecule has 1 saturated heterocycles. The molecule has 3 rings (SSSR count). The average molecular weight is 368 g/mol. The minimum Gasteiger partial charge on any atom is -0.392 e. The van der Waals surface area contributed by atoms with Gasteiger partial charge in [0, 0.05) is 25.3 Å². The van der Waals surface area contributed by atoms with Crippen LogP contribution in [0.1, 0.15) is 60.6 Å². The monoisotopic (exact) mass is 367 g/mol. The van der Waals surface area contributed by atoms with Gasteiger partial charge in [-0.3, -0.25) is 4.90 Å². The van der Waals surface area contributed by atoms with E-state index in [0.29, 0.717) is 5.82 Å². The third kappa shape index (κ3) is 5.53. The van der Waals surface area contributed by atoms with E-state index in [9.17, 15) is 5.11 Å². The van der Waals surface area contributed by atoms with Crippen molar-refractivity contribution in [3.8, 4) is 0 Å². The number of rotatable bonds is 8. The van der Waals surface area contributed by atoms with Gasteiger partial charge in [-0.15, -0.1) is 0 Å². The molecule has 4 nitrogen and oxygen atoms in total. The van der Waals surface area contributed by atoms with Crippen molar-refractivity contribution in [2.24, 2.45) is 0 Å². The largest absolute Gasteiger partial charge is 0.392 e. The van der Waals surface area contributed by atoms with E-state index >= 15 is 0 Å². The van der Waals surface area contributed by atoms with Gasteiger partial charge in [0.1, 0.15) is 5.82 Å². The summed E-state index contributed by atoms with van der Waals surface area (Å²) in [4.78, 5) is 6.90. The van der Waals surface area contributed by atoms with Crippen molar-refractivity contribution in [3.05, 3.63) is 58.3 Å². The third-order valence-electron chi connectivity index (χ3n) is 5.55. The summed E-state index contributed by atoms with van der Waals surface area (Å²) >= 11 is 0. The zero-order valence-corrected chi connectivity index (χ0v) is 16.7. The van der Waals surface area contributed by atoms with Gasteiger partial charge < -0.3 is 10.8 Å². The Morgan fingerprint density at radius 2 is 1.89 bits per heavy atom. The minimum absolute atomic E-state index is 0.156. The fraction of sp³-hybridized carbons (Fsp3) is 0.522. The molecule has 27 heavy (non-hydrogen) atoms. The van der Waals surface area contributed by atoms with E-state index < -0.39 is 0 Å². The van der Waals surface area contributed by atoms with Gasteiger partial charge in [0.15, 0.2) is 0 Å². The van der Waals surface area contributed by atoms with Gasteiger partial charge in [0.05, 0.1) is 6.10 Å². The number of hydrogen-bond donors (Lipinski definition) is 2. The second-order valence-corrected chi connectivity index (χ2v) is 7.91. The van der Waals surface area contributed by atoms with Gasteiger partial charge in [0.25, 0.3) is 0 Å². The molecule has 1 aliphatic heterocycles. The van der Waals surface area contributed by atoms with Crippen LogP contribution in [0.25, 0.3) is 0 Å². The van der Waals surface area contributed by atoms with Crippen LogP contribution in [0.3, 0.4) is 0 Å². The van der Waals surface area contributed by atoms with Crippen LogP contribution in [0.4, 0.5) is 5.82 Å². The topological polar surface area (TPSA) is 62.4 Å². The SMILES string of the molecule is CCCCCc1cc(Cc2ccc(CN3CC[C@@H](O)C3)cc2)c(C)nc1N. The summed E-state index contributed by atoms with van der Waals surface area (Å²) in [6.45, 7) is 6.96. The van der Waals surface area contributed by atoms with E-state index in [-0.39, 0.29) is 6.10 Å². The van der Waals surface area contributed by atoms with Gasteiger partial charge >= 0.3 is 0 Å². The summed E-state index contributed by atoms with van der Waals surface area (Å²) in [6.07, 6.45) is 6.26. The zero-order valence-electron chi connectivity index (χ0n) is 16.7. The number of likely N-dealkylation sites (tertiary alicyclic amines) is 1. The molecule has 0 amide bonds. The standard InChI is InChI=1S/C23H33N3O/c1-3-4-5-6-20-14-21(17(2)25-23(20)24)13-18-7-9-19(10-8-18)15-26-12-11-22(27)16-26/h7-10,14,22,27H,3-6,11-13,15-16H2,1-2H3,(H2,24,25)/t22-/m1/s1. The molecule has 1 atom stereocenters. The second-order valence-electron chi connectivity index (χ2n) is 7.91. The van der Waals surface area contributed by atoms with Crippen molar-refractivity contribution in [1.29, 1.82) is 0 Å². The second kappa shape index (κ2) is 9.34. The number of hydrogen-bond acceptors (Lipinski definition) is 4. The van der Waals surface area contributed by atoms with Gasteiger partial charge in [-0.2, -0.15) is 0 Å². The number of pyridine rings is 1. The lowest BCUT2D eigenvalue weighted by Gasteiger charge is -2.15. The quantitative estimate of drug-likeness (QED) is 0.696. The number of unbranched alkanes of at least 4 members (excludes halogenated alkanes) is 2. The highest BCUT2D eigenvalue weighted by atomic mass is 16.3. The molecule has 4 heteroatoms. The van der Waals surface area contributed by atoms with E-state index in [0.717, 1.165) is 44.6 Å². The Morgan fingerprint density at radius 1 is 1.15 bits per heavy atom. The van der Waals surface area contributed by atoms with Crippen molar-refractivity contribution in [3.63, 3.8) is 0 Å². The van der Waals surface area contributed by atoms with Crippen LogP contribution in [0, 0.1) is 6.92 Å². The number of nitrogens with zero attached hydrogens (tertiary/aromatic N) is 2. The van der Waals surface area contributed by atoms with Crippen molar-refractivity contribution in [1.82, 2.24) is 9.88 Å². The first-order valence-electron chi connectivity index (χ1n) is 10.3. The van der Waals surface area contributed by atoms with Crippen molar-refractivity contribution in [2.75, 3.05) is 18.8 Å². The Hall–Kier alpha value is -1.91. The predicted molar refractivity (Wildman–Crippen MR) is 112 cm³/mol. The molecule has 2 heterocycles. The van der Waals surface area contributed by atoms with E-state index in [2.05, 4.69) is 54.1 Å². The lowest BCUT2D eigenvalue weighted by Crippen LogP contribution is -2.21.